The van der Waals surface area contributed by atoms with E-state index in [1.165, 1.54) is 30.8 Å². The van der Waals surface area contributed by atoms with Gasteiger partial charge in [0.25, 0.3) is 0 Å². The maximum Gasteiger partial charge on any atom is 0.308 e. The van der Waals surface area contributed by atoms with Crippen LogP contribution in [0.15, 0.2) is 36.4 Å². The third-order valence-corrected chi connectivity index (χ3v) is 6.05. The number of hydrogen-bond donors (Lipinski definition) is 3. The summed E-state index contributed by atoms with van der Waals surface area (Å²) in [5, 5.41) is 15.8. The molecule has 0 spiro atoms. The fourth-order valence-electron chi connectivity index (χ4n) is 3.20. The summed E-state index contributed by atoms with van der Waals surface area (Å²) in [6, 6.07) is 9.54. The molecule has 8 heteroatoms. The Bertz CT molecular complexity index is 953. The zero-order valence-corrected chi connectivity index (χ0v) is 17.8. The zero-order chi connectivity index (χ0) is 21.7. The van der Waals surface area contributed by atoms with Crippen molar-refractivity contribution in [2.24, 2.45) is 0 Å². The number of Topliss-reactive ketones (excluding diaryl/α,β-unsaturated/α-hetero) is 1. The number of hydrogen-bond acceptors (Lipinski definition) is 6. The van der Waals surface area contributed by atoms with E-state index in [2.05, 4.69) is 17.6 Å². The van der Waals surface area contributed by atoms with Gasteiger partial charge < -0.3 is 20.5 Å². The van der Waals surface area contributed by atoms with Crippen LogP contribution in [0.5, 0.6) is 5.75 Å². The molecule has 1 aliphatic rings. The number of anilines is 2. The minimum atomic E-state index is -1.05. The molecule has 3 rings (SSSR count). The number of benzene rings is 2. The summed E-state index contributed by atoms with van der Waals surface area (Å²) in [6.45, 7) is 4.14. The number of fused-ring (bicyclic) bond motifs is 1. The first kappa shape index (κ1) is 22.0. The van der Waals surface area contributed by atoms with E-state index in [4.69, 9.17) is 4.74 Å². The number of aliphatic carboxylic acids is 1. The Labute approximate surface area is 179 Å². The normalized spacial score (nSPS) is 17.0. The topological polar surface area (TPSA) is 87.7 Å². The Morgan fingerprint density at radius 2 is 1.93 bits per heavy atom. The fraction of sp³-hybridized carbons (Fsp3) is 0.364. The number of halogens is 1. The molecule has 0 fully saturated rings. The highest BCUT2D eigenvalue weighted by Gasteiger charge is 2.39. The molecule has 30 heavy (non-hydrogen) atoms. The predicted molar refractivity (Wildman–Crippen MR) is 117 cm³/mol. The van der Waals surface area contributed by atoms with Gasteiger partial charge in [0.1, 0.15) is 11.6 Å². The van der Waals surface area contributed by atoms with Gasteiger partial charge >= 0.3 is 5.97 Å². The van der Waals surface area contributed by atoms with E-state index in [9.17, 15) is 19.1 Å². The van der Waals surface area contributed by atoms with Crippen LogP contribution < -0.4 is 15.4 Å². The number of unbranched alkanes of at least 4 members (excludes halogenated alkanes) is 1. The van der Waals surface area contributed by atoms with Gasteiger partial charge in [-0.3, -0.25) is 9.59 Å². The number of carboxylic acids is 1. The molecule has 1 atom stereocenters. The van der Waals surface area contributed by atoms with E-state index in [-0.39, 0.29) is 12.2 Å². The standard InChI is InChI=1S/C22H25FN2O4S/c1-3-4-9-29-20-8-5-15(14(2)26)10-16(20)13-30-22(12-21(27)28)24-18-7-6-17(23)11-19(18)25-22/h5-8,10-11,24-25H,3-4,9,12-13H2,1-2H3,(H,27,28). The predicted octanol–water partition coefficient (Wildman–Crippen LogP) is 5.11. The largest absolute Gasteiger partial charge is 0.493 e. The van der Waals surface area contributed by atoms with Gasteiger partial charge in [0, 0.05) is 16.9 Å². The van der Waals surface area contributed by atoms with Crippen molar-refractivity contribution in [2.45, 2.75) is 43.9 Å². The van der Waals surface area contributed by atoms with Crippen molar-refractivity contribution >= 4 is 34.9 Å². The number of carbonyl (C=O) groups excluding carboxylic acids is 1. The molecular formula is C22H25FN2O4S. The van der Waals surface area contributed by atoms with E-state index in [0.717, 1.165) is 18.4 Å². The Morgan fingerprint density at radius 1 is 1.17 bits per heavy atom. The number of ketones is 1. The number of thioether (sulfide) groups is 1. The maximum absolute atomic E-state index is 13.6. The number of rotatable bonds is 10. The van der Waals surface area contributed by atoms with Crippen LogP contribution in [0.4, 0.5) is 15.8 Å². The van der Waals surface area contributed by atoms with Gasteiger partial charge in [-0.25, -0.2) is 4.39 Å². The summed E-state index contributed by atoms with van der Waals surface area (Å²) in [5.41, 5.74) is 2.53. The van der Waals surface area contributed by atoms with Gasteiger partial charge in [-0.2, -0.15) is 0 Å². The second-order valence-corrected chi connectivity index (χ2v) is 8.48. The molecule has 2 aromatic carbocycles. The summed E-state index contributed by atoms with van der Waals surface area (Å²) in [4.78, 5) is 22.3. The molecule has 0 bridgehead atoms. The first-order chi connectivity index (χ1) is 14.3. The SMILES string of the molecule is CCCCOc1ccc(C(C)=O)cc1CSC1(CC(=O)O)Nc2ccc(F)cc2N1. The molecule has 0 aliphatic carbocycles. The first-order valence-electron chi connectivity index (χ1n) is 9.80. The molecule has 0 aromatic heterocycles. The highest BCUT2D eigenvalue weighted by Crippen LogP contribution is 2.44. The quantitative estimate of drug-likeness (QED) is 0.355. The molecule has 0 saturated carbocycles. The summed E-state index contributed by atoms with van der Waals surface area (Å²) < 4.78 is 19.5. The Morgan fingerprint density at radius 3 is 2.63 bits per heavy atom. The third-order valence-electron chi connectivity index (χ3n) is 4.75. The van der Waals surface area contributed by atoms with Crippen molar-refractivity contribution in [3.05, 3.63) is 53.3 Å². The molecular weight excluding hydrogens is 407 g/mol. The van der Waals surface area contributed by atoms with Crippen LogP contribution in [0.2, 0.25) is 0 Å². The highest BCUT2D eigenvalue weighted by molar-refractivity contribution is 8.00. The lowest BCUT2D eigenvalue weighted by molar-refractivity contribution is -0.137. The van der Waals surface area contributed by atoms with E-state index in [0.29, 0.717) is 35.0 Å². The van der Waals surface area contributed by atoms with E-state index in [1.54, 1.807) is 24.3 Å². The third kappa shape index (κ3) is 5.24. The minimum Gasteiger partial charge on any atom is -0.493 e. The fourth-order valence-corrected chi connectivity index (χ4v) is 4.42. The van der Waals surface area contributed by atoms with Crippen LogP contribution >= 0.6 is 11.8 Å². The molecule has 1 unspecified atom stereocenters. The highest BCUT2D eigenvalue weighted by atomic mass is 32.2. The van der Waals surface area contributed by atoms with Crippen LogP contribution in [0.25, 0.3) is 0 Å². The number of nitrogens with one attached hydrogen (secondary N) is 2. The molecule has 160 valence electrons. The van der Waals surface area contributed by atoms with E-state index < -0.39 is 16.8 Å². The number of carbonyl (C=O) groups is 2. The zero-order valence-electron chi connectivity index (χ0n) is 17.0. The first-order valence-corrected chi connectivity index (χ1v) is 10.8. The summed E-state index contributed by atoms with van der Waals surface area (Å²) in [7, 11) is 0. The molecule has 2 aromatic rings. The van der Waals surface area contributed by atoms with Crippen molar-refractivity contribution < 1.29 is 23.8 Å². The smallest absolute Gasteiger partial charge is 0.308 e. The maximum atomic E-state index is 13.6. The van der Waals surface area contributed by atoms with Crippen molar-refractivity contribution in [2.75, 3.05) is 17.2 Å². The summed E-state index contributed by atoms with van der Waals surface area (Å²) in [6.07, 6.45) is 1.68. The molecule has 1 heterocycles. The van der Waals surface area contributed by atoms with Gasteiger partial charge in [-0.15, -0.1) is 11.8 Å². The molecule has 1 aliphatic heterocycles. The summed E-state index contributed by atoms with van der Waals surface area (Å²) in [5.74, 6) is -0.381. The van der Waals surface area contributed by atoms with Gasteiger partial charge in [0.15, 0.2) is 10.8 Å². The van der Waals surface area contributed by atoms with Gasteiger partial charge in [-0.05, 0) is 49.7 Å². The average molecular weight is 433 g/mol. The van der Waals surface area contributed by atoms with Crippen LogP contribution in [0, 0.1) is 5.82 Å². The second kappa shape index (κ2) is 9.38. The van der Waals surface area contributed by atoms with Crippen LogP contribution in [-0.4, -0.2) is 28.5 Å². The van der Waals surface area contributed by atoms with Gasteiger partial charge in [-0.1, -0.05) is 13.3 Å². The van der Waals surface area contributed by atoms with E-state index >= 15 is 0 Å². The van der Waals surface area contributed by atoms with Crippen LogP contribution in [0.3, 0.4) is 0 Å². The molecule has 0 amide bonds. The Balaban J connectivity index is 1.84. The van der Waals surface area contributed by atoms with Crippen molar-refractivity contribution in [1.29, 1.82) is 0 Å². The molecule has 0 radical (unpaired) electrons. The monoisotopic (exact) mass is 432 g/mol. The lowest BCUT2D eigenvalue weighted by Crippen LogP contribution is -2.40. The second-order valence-electron chi connectivity index (χ2n) is 7.21. The van der Waals surface area contributed by atoms with Crippen LogP contribution in [-0.2, 0) is 10.5 Å². The lowest BCUT2D eigenvalue weighted by Gasteiger charge is -2.29. The molecule has 0 saturated heterocycles. The Kier molecular flexibility index (Phi) is 6.87. The van der Waals surface area contributed by atoms with Crippen molar-refractivity contribution in [3.63, 3.8) is 0 Å². The van der Waals surface area contributed by atoms with Crippen molar-refractivity contribution in [1.82, 2.24) is 0 Å². The molecule has 6 nitrogen and oxygen atoms in total. The number of carboxylic acid groups (broad SMARTS) is 1. The molecule has 3 N–H and O–H groups in total. The van der Waals surface area contributed by atoms with Gasteiger partial charge in [0.2, 0.25) is 0 Å². The van der Waals surface area contributed by atoms with Gasteiger partial charge in [0.05, 0.1) is 24.4 Å². The number of ether oxygens (including phenoxy) is 1. The van der Waals surface area contributed by atoms with Crippen LogP contribution in [0.1, 0.15) is 49.0 Å². The summed E-state index contributed by atoms with van der Waals surface area (Å²) >= 11 is 1.33. The minimum absolute atomic E-state index is 0.0541. The Hall–Kier alpha value is -2.74. The van der Waals surface area contributed by atoms with E-state index in [1.807, 2.05) is 0 Å². The lowest BCUT2D eigenvalue weighted by atomic mass is 10.1. The van der Waals surface area contributed by atoms with Crippen molar-refractivity contribution in [3.8, 4) is 5.75 Å². The average Bonchev–Trinajstić information content (AvgIpc) is 3.03.